The highest BCUT2D eigenvalue weighted by Gasteiger charge is 2.51. The minimum atomic E-state index is -0.697. The molecular weight excluding hydrogens is 516 g/mol. The van der Waals surface area contributed by atoms with Crippen LogP contribution in [0.25, 0.3) is 0 Å². The van der Waals surface area contributed by atoms with Gasteiger partial charge in [0.25, 0.3) is 0 Å². The van der Waals surface area contributed by atoms with Crippen LogP contribution < -0.4 is 0 Å². The number of amides is 2. The quantitative estimate of drug-likeness (QED) is 0.341. The van der Waals surface area contributed by atoms with Crippen molar-refractivity contribution in [3.63, 3.8) is 0 Å². The first kappa shape index (κ1) is 30.6. The largest absolute Gasteiger partial charge is 0.444 e. The molecule has 2 aromatic carbocycles. The third kappa shape index (κ3) is 7.69. The summed E-state index contributed by atoms with van der Waals surface area (Å²) in [5.41, 5.74) is 2.75. The van der Waals surface area contributed by atoms with Gasteiger partial charge in [0.05, 0.1) is 5.92 Å². The molecule has 0 radical (unpaired) electrons. The van der Waals surface area contributed by atoms with Gasteiger partial charge in [-0.1, -0.05) is 89.2 Å². The lowest BCUT2D eigenvalue weighted by Crippen LogP contribution is -2.49. The van der Waals surface area contributed by atoms with Gasteiger partial charge in [0.1, 0.15) is 12.6 Å². The Kier molecular flexibility index (Phi) is 9.77. The fourth-order valence-electron chi connectivity index (χ4n) is 5.88. The molecule has 0 aromatic heterocycles. The Bertz CT molecular complexity index is 1180. The normalized spacial score (nSPS) is 20.7. The van der Waals surface area contributed by atoms with Crippen molar-refractivity contribution in [2.75, 3.05) is 13.1 Å². The molecule has 2 heterocycles. The van der Waals surface area contributed by atoms with Crippen LogP contribution in [0, 0.1) is 17.3 Å². The van der Waals surface area contributed by atoms with Crippen molar-refractivity contribution < 1.29 is 23.9 Å². The van der Waals surface area contributed by atoms with Crippen LogP contribution in [0.15, 0.2) is 54.6 Å². The van der Waals surface area contributed by atoms with Crippen molar-refractivity contribution in [1.82, 2.24) is 9.80 Å². The maximum Gasteiger partial charge on any atom is 0.413 e. The Labute approximate surface area is 245 Å². The van der Waals surface area contributed by atoms with E-state index in [1.165, 1.54) is 10.5 Å². The summed E-state index contributed by atoms with van der Waals surface area (Å²) < 4.78 is 11.4. The number of esters is 1. The van der Waals surface area contributed by atoms with Crippen LogP contribution in [0.1, 0.15) is 83.4 Å². The number of likely N-dealkylation sites (tertiary alicyclic amines) is 1. The second-order valence-electron chi connectivity index (χ2n) is 13.2. The smallest absolute Gasteiger partial charge is 0.413 e. The van der Waals surface area contributed by atoms with E-state index in [0.717, 1.165) is 30.4 Å². The Balaban J connectivity index is 1.36. The highest BCUT2D eigenvalue weighted by atomic mass is 16.6. The van der Waals surface area contributed by atoms with Crippen LogP contribution in [0.2, 0.25) is 0 Å². The molecule has 3 atom stereocenters. The maximum absolute atomic E-state index is 13.3. The summed E-state index contributed by atoms with van der Waals surface area (Å²) in [6.07, 6.45) is 1.86. The van der Waals surface area contributed by atoms with Gasteiger partial charge in [-0.05, 0) is 61.1 Å². The topological polar surface area (TPSA) is 76.2 Å². The maximum atomic E-state index is 13.3. The van der Waals surface area contributed by atoms with E-state index in [1.54, 1.807) is 0 Å². The molecule has 0 saturated carbocycles. The number of carbonyl (C=O) groups excluding carboxylic acids is 3. The predicted molar refractivity (Wildman–Crippen MR) is 159 cm³/mol. The number of rotatable bonds is 8. The Hall–Kier alpha value is -3.35. The summed E-state index contributed by atoms with van der Waals surface area (Å²) in [5.74, 6) is 0.352. The van der Waals surface area contributed by atoms with Crippen molar-refractivity contribution in [3.8, 4) is 0 Å². The summed E-state index contributed by atoms with van der Waals surface area (Å²) in [6, 6.07) is 17.2. The minimum absolute atomic E-state index is 0.132. The van der Waals surface area contributed by atoms with E-state index in [9.17, 15) is 14.4 Å². The van der Waals surface area contributed by atoms with Gasteiger partial charge < -0.3 is 14.4 Å². The third-order valence-electron chi connectivity index (χ3n) is 8.22. The zero-order chi connectivity index (χ0) is 29.7. The summed E-state index contributed by atoms with van der Waals surface area (Å²) in [5, 5.41) is 0. The van der Waals surface area contributed by atoms with Crippen LogP contribution >= 0.6 is 0 Å². The molecule has 2 aromatic rings. The number of nitrogens with zero attached hydrogens (tertiary/aromatic N) is 2. The molecule has 2 amide bonds. The van der Waals surface area contributed by atoms with Crippen molar-refractivity contribution in [2.45, 2.75) is 92.0 Å². The van der Waals surface area contributed by atoms with Gasteiger partial charge in [0, 0.05) is 18.5 Å². The first-order valence-electron chi connectivity index (χ1n) is 15.0. The first-order valence-corrected chi connectivity index (χ1v) is 15.0. The van der Waals surface area contributed by atoms with Crippen molar-refractivity contribution in [2.24, 2.45) is 17.3 Å². The SMILES string of the molecule is CC(C)Cc1ccc(C(C)C(=O)N2CCC(C[C@H]3C(=O)O[C@@H](C(C)(C)C)N3C(=O)OCc3ccccc3)CC2)cc1. The number of ether oxygens (including phenoxy) is 2. The van der Waals surface area contributed by atoms with Gasteiger partial charge >= 0.3 is 12.1 Å². The molecule has 222 valence electrons. The van der Waals surface area contributed by atoms with Gasteiger partial charge in [0.15, 0.2) is 6.23 Å². The van der Waals surface area contributed by atoms with Crippen LogP contribution in [-0.4, -0.2) is 53.1 Å². The molecule has 2 aliphatic rings. The Morgan fingerprint density at radius 1 is 0.951 bits per heavy atom. The van der Waals surface area contributed by atoms with Crippen LogP contribution in [0.3, 0.4) is 0 Å². The Morgan fingerprint density at radius 2 is 1.59 bits per heavy atom. The molecule has 2 fully saturated rings. The van der Waals surface area contributed by atoms with E-state index in [4.69, 9.17) is 9.47 Å². The monoisotopic (exact) mass is 562 g/mol. The van der Waals surface area contributed by atoms with E-state index >= 15 is 0 Å². The molecule has 0 bridgehead atoms. The highest BCUT2D eigenvalue weighted by Crippen LogP contribution is 2.37. The Morgan fingerprint density at radius 3 is 2.17 bits per heavy atom. The minimum Gasteiger partial charge on any atom is -0.444 e. The number of carbonyl (C=O) groups is 3. The standard InChI is InChI=1S/C34H46N2O5/c1-23(2)20-25-12-14-28(15-13-25)24(3)30(37)35-18-16-26(17-19-35)21-29-31(38)41-32(34(4,5)6)36(29)33(39)40-22-27-10-8-7-9-11-27/h7-15,23-24,26,29,32H,16-22H2,1-6H3/t24?,29-,32-/m0/s1. The van der Waals surface area contributed by atoms with Crippen LogP contribution in [-0.2, 0) is 32.1 Å². The van der Waals surface area contributed by atoms with E-state index < -0.39 is 23.8 Å². The number of hydrogen-bond donors (Lipinski definition) is 0. The summed E-state index contributed by atoms with van der Waals surface area (Å²) in [7, 11) is 0. The molecule has 0 spiro atoms. The molecule has 0 aliphatic carbocycles. The number of hydrogen-bond acceptors (Lipinski definition) is 5. The number of cyclic esters (lactones) is 1. The van der Waals surface area contributed by atoms with Crippen molar-refractivity contribution in [1.29, 1.82) is 0 Å². The summed E-state index contributed by atoms with van der Waals surface area (Å²) in [6.45, 7) is 13.7. The molecule has 7 heteroatoms. The molecule has 7 nitrogen and oxygen atoms in total. The first-order chi connectivity index (χ1) is 19.4. The van der Waals surface area contributed by atoms with Crippen LogP contribution in [0.4, 0.5) is 4.79 Å². The van der Waals surface area contributed by atoms with Gasteiger partial charge in [-0.3, -0.25) is 9.69 Å². The average Bonchev–Trinajstić information content (AvgIpc) is 3.28. The fraction of sp³-hybridized carbons (Fsp3) is 0.559. The molecule has 1 unspecified atom stereocenters. The molecular formula is C34H46N2O5. The lowest BCUT2D eigenvalue weighted by Gasteiger charge is -2.36. The third-order valence-corrected chi connectivity index (χ3v) is 8.22. The van der Waals surface area contributed by atoms with Crippen molar-refractivity contribution >= 4 is 18.0 Å². The second-order valence-corrected chi connectivity index (χ2v) is 13.2. The number of benzene rings is 2. The molecule has 4 rings (SSSR count). The average molecular weight is 563 g/mol. The highest BCUT2D eigenvalue weighted by molar-refractivity contribution is 5.85. The van der Waals surface area contributed by atoms with Gasteiger partial charge in [-0.15, -0.1) is 0 Å². The summed E-state index contributed by atoms with van der Waals surface area (Å²) >= 11 is 0. The van der Waals surface area contributed by atoms with E-state index in [1.807, 2.05) is 62.9 Å². The second kappa shape index (κ2) is 13.1. The van der Waals surface area contributed by atoms with E-state index in [-0.39, 0.29) is 30.3 Å². The zero-order valence-corrected chi connectivity index (χ0v) is 25.5. The van der Waals surface area contributed by atoms with E-state index in [0.29, 0.717) is 25.4 Å². The molecule has 2 aliphatic heterocycles. The van der Waals surface area contributed by atoms with Crippen LogP contribution in [0.5, 0.6) is 0 Å². The van der Waals surface area contributed by atoms with Gasteiger partial charge in [-0.2, -0.15) is 0 Å². The molecule has 2 saturated heterocycles. The molecule has 0 N–H and O–H groups in total. The summed E-state index contributed by atoms with van der Waals surface area (Å²) in [4.78, 5) is 43.2. The number of piperidine rings is 1. The van der Waals surface area contributed by atoms with Gasteiger partial charge in [0.2, 0.25) is 5.91 Å². The molecule has 41 heavy (non-hydrogen) atoms. The lowest BCUT2D eigenvalue weighted by atomic mass is 9.88. The zero-order valence-electron chi connectivity index (χ0n) is 25.5. The van der Waals surface area contributed by atoms with E-state index in [2.05, 4.69) is 38.1 Å². The lowest BCUT2D eigenvalue weighted by molar-refractivity contribution is -0.147. The van der Waals surface area contributed by atoms with Crippen molar-refractivity contribution in [3.05, 3.63) is 71.3 Å². The van der Waals surface area contributed by atoms with Gasteiger partial charge in [-0.25, -0.2) is 9.59 Å². The predicted octanol–water partition coefficient (Wildman–Crippen LogP) is 6.55. The fourth-order valence-corrected chi connectivity index (χ4v) is 5.88.